The van der Waals surface area contributed by atoms with Gasteiger partial charge in [-0.05, 0) is 44.9 Å². The second-order valence-corrected chi connectivity index (χ2v) is 8.58. The third kappa shape index (κ3) is 3.73. The van der Waals surface area contributed by atoms with Gasteiger partial charge in [0.05, 0.1) is 5.25 Å². The van der Waals surface area contributed by atoms with Gasteiger partial charge in [0.1, 0.15) is 5.82 Å². The van der Waals surface area contributed by atoms with Crippen LogP contribution in [-0.2, 0) is 4.79 Å². The molecule has 0 unspecified atom stereocenters. The van der Waals surface area contributed by atoms with E-state index >= 15 is 0 Å². The van der Waals surface area contributed by atoms with Crippen LogP contribution < -0.4 is 5.32 Å². The van der Waals surface area contributed by atoms with Crippen molar-refractivity contribution in [2.24, 2.45) is 11.8 Å². The summed E-state index contributed by atoms with van der Waals surface area (Å²) in [6.07, 6.45) is 6.00. The molecular weight excluding hydrogens is 308 g/mol. The van der Waals surface area contributed by atoms with Crippen LogP contribution in [0.2, 0.25) is 0 Å². The molecule has 5 nitrogen and oxygen atoms in total. The Kier molecular flexibility index (Phi) is 4.99. The number of thioether (sulfide) groups is 1. The predicted molar refractivity (Wildman–Crippen MR) is 92.5 cm³/mol. The van der Waals surface area contributed by atoms with Crippen molar-refractivity contribution in [2.75, 3.05) is 0 Å². The predicted octanol–water partition coefficient (Wildman–Crippen LogP) is 3.34. The van der Waals surface area contributed by atoms with Gasteiger partial charge < -0.3 is 9.88 Å². The van der Waals surface area contributed by atoms with Gasteiger partial charge in [0.2, 0.25) is 5.91 Å². The van der Waals surface area contributed by atoms with Crippen molar-refractivity contribution in [3.8, 4) is 0 Å². The highest BCUT2D eigenvalue weighted by Crippen LogP contribution is 2.39. The second-order valence-electron chi connectivity index (χ2n) is 7.27. The maximum atomic E-state index is 12.6. The van der Waals surface area contributed by atoms with Gasteiger partial charge in [-0.1, -0.05) is 38.5 Å². The molecule has 0 aromatic carbocycles. The van der Waals surface area contributed by atoms with E-state index in [1.165, 1.54) is 37.4 Å². The highest BCUT2D eigenvalue weighted by atomic mass is 32.2. The number of amides is 1. The smallest absolute Gasteiger partial charge is 0.233 e. The maximum Gasteiger partial charge on any atom is 0.233 e. The number of carbonyl (C=O) groups excluding carboxylic acids is 1. The molecule has 1 aromatic heterocycles. The first-order valence-electron chi connectivity index (χ1n) is 8.86. The van der Waals surface area contributed by atoms with Gasteiger partial charge in [-0.2, -0.15) is 0 Å². The molecule has 1 N–H and O–H groups in total. The van der Waals surface area contributed by atoms with E-state index < -0.39 is 0 Å². The van der Waals surface area contributed by atoms with Crippen LogP contribution in [0.15, 0.2) is 5.16 Å². The van der Waals surface area contributed by atoms with E-state index in [0.29, 0.717) is 23.9 Å². The molecule has 0 saturated heterocycles. The molecule has 0 radical (unpaired) electrons. The molecule has 3 rings (SSSR count). The number of hydrogen-bond donors (Lipinski definition) is 1. The summed E-state index contributed by atoms with van der Waals surface area (Å²) in [6.45, 7) is 8.52. The second kappa shape index (κ2) is 6.83. The van der Waals surface area contributed by atoms with Crippen molar-refractivity contribution in [2.45, 2.75) is 82.3 Å². The topological polar surface area (TPSA) is 59.8 Å². The van der Waals surface area contributed by atoms with Gasteiger partial charge in [0.25, 0.3) is 0 Å². The Morgan fingerprint density at radius 3 is 2.70 bits per heavy atom. The summed E-state index contributed by atoms with van der Waals surface area (Å²) in [6, 6.07) is 0.860. The highest BCUT2D eigenvalue weighted by molar-refractivity contribution is 8.00. The van der Waals surface area contributed by atoms with Crippen LogP contribution in [0.25, 0.3) is 0 Å². The number of nitrogens with zero attached hydrogens (tertiary/aromatic N) is 3. The average Bonchev–Trinajstić information content (AvgIpc) is 3.28. The Morgan fingerprint density at radius 1 is 1.26 bits per heavy atom. The summed E-state index contributed by atoms with van der Waals surface area (Å²) in [5, 5.41) is 12.5. The minimum atomic E-state index is -0.138. The van der Waals surface area contributed by atoms with Crippen LogP contribution >= 0.6 is 11.8 Å². The SMILES string of the molecule is Cc1nnc(S[C@H](C)C(=O)N[C@@H]2CCC[C@H](C)[C@@H]2C)n1C1CC1. The lowest BCUT2D eigenvalue weighted by molar-refractivity contribution is -0.121. The largest absolute Gasteiger partial charge is 0.352 e. The molecule has 1 aromatic rings. The van der Waals surface area contributed by atoms with E-state index in [9.17, 15) is 4.79 Å². The fourth-order valence-electron chi connectivity index (χ4n) is 3.48. The van der Waals surface area contributed by atoms with Crippen molar-refractivity contribution in [1.82, 2.24) is 20.1 Å². The molecule has 0 spiro atoms. The van der Waals surface area contributed by atoms with Gasteiger partial charge in [-0.3, -0.25) is 4.79 Å². The Labute approximate surface area is 143 Å². The quantitative estimate of drug-likeness (QED) is 0.838. The van der Waals surface area contributed by atoms with Gasteiger partial charge in [-0.25, -0.2) is 0 Å². The van der Waals surface area contributed by atoms with Crippen LogP contribution in [0.1, 0.15) is 64.7 Å². The molecule has 2 aliphatic rings. The summed E-state index contributed by atoms with van der Waals surface area (Å²) in [4.78, 5) is 12.6. The van der Waals surface area contributed by atoms with Gasteiger partial charge >= 0.3 is 0 Å². The highest BCUT2D eigenvalue weighted by Gasteiger charge is 2.32. The summed E-state index contributed by atoms with van der Waals surface area (Å²) in [5.41, 5.74) is 0. The molecule has 6 heteroatoms. The van der Waals surface area contributed by atoms with E-state index in [0.717, 1.165) is 17.4 Å². The Morgan fingerprint density at radius 2 is 2.00 bits per heavy atom. The normalized spacial score (nSPS) is 29.3. The third-order valence-corrected chi connectivity index (χ3v) is 6.49. The van der Waals surface area contributed by atoms with E-state index in [1.807, 2.05) is 13.8 Å². The molecule has 2 fully saturated rings. The molecule has 2 aliphatic carbocycles. The molecule has 1 amide bonds. The lowest BCUT2D eigenvalue weighted by Gasteiger charge is -2.35. The van der Waals surface area contributed by atoms with Crippen LogP contribution in [0.5, 0.6) is 0 Å². The Bertz CT molecular complexity index is 569. The Balaban J connectivity index is 1.59. The van der Waals surface area contributed by atoms with Crippen LogP contribution in [-0.4, -0.2) is 32.0 Å². The molecule has 4 atom stereocenters. The lowest BCUT2D eigenvalue weighted by Crippen LogP contribution is -2.46. The first-order chi connectivity index (χ1) is 11.0. The van der Waals surface area contributed by atoms with Crippen molar-refractivity contribution >= 4 is 17.7 Å². The monoisotopic (exact) mass is 336 g/mol. The molecule has 23 heavy (non-hydrogen) atoms. The Hall–Kier alpha value is -1.04. The first-order valence-corrected chi connectivity index (χ1v) is 9.74. The van der Waals surface area contributed by atoms with E-state index in [-0.39, 0.29) is 11.2 Å². The summed E-state index contributed by atoms with van der Waals surface area (Å²) in [7, 11) is 0. The number of aryl methyl sites for hydroxylation is 1. The zero-order chi connectivity index (χ0) is 16.6. The van der Waals surface area contributed by atoms with Gasteiger partial charge in [0, 0.05) is 12.1 Å². The third-order valence-electron chi connectivity index (χ3n) is 5.43. The lowest BCUT2D eigenvalue weighted by atomic mass is 9.78. The molecule has 1 heterocycles. The van der Waals surface area contributed by atoms with Crippen LogP contribution in [0.4, 0.5) is 0 Å². The van der Waals surface area contributed by atoms with Crippen molar-refractivity contribution in [1.29, 1.82) is 0 Å². The number of carbonyl (C=O) groups is 1. The molecular formula is C17H28N4OS. The van der Waals surface area contributed by atoms with E-state index in [4.69, 9.17) is 0 Å². The fourth-order valence-corrected chi connectivity index (χ4v) is 4.45. The summed E-state index contributed by atoms with van der Waals surface area (Å²) < 4.78 is 2.19. The number of hydrogen-bond acceptors (Lipinski definition) is 4. The molecule has 0 bridgehead atoms. The molecule has 0 aliphatic heterocycles. The minimum absolute atomic E-state index is 0.129. The van der Waals surface area contributed by atoms with Crippen molar-refractivity contribution < 1.29 is 4.79 Å². The van der Waals surface area contributed by atoms with Gasteiger partial charge in [-0.15, -0.1) is 10.2 Å². The molecule has 2 saturated carbocycles. The van der Waals surface area contributed by atoms with E-state index in [1.54, 1.807) is 0 Å². The molecule has 128 valence electrons. The van der Waals surface area contributed by atoms with Crippen LogP contribution in [0, 0.1) is 18.8 Å². The van der Waals surface area contributed by atoms with Crippen molar-refractivity contribution in [3.05, 3.63) is 5.82 Å². The summed E-state index contributed by atoms with van der Waals surface area (Å²) >= 11 is 1.54. The van der Waals surface area contributed by atoms with Crippen molar-refractivity contribution in [3.63, 3.8) is 0 Å². The van der Waals surface area contributed by atoms with Gasteiger partial charge in [0.15, 0.2) is 5.16 Å². The van der Waals surface area contributed by atoms with E-state index in [2.05, 4.69) is 33.9 Å². The minimum Gasteiger partial charge on any atom is -0.352 e. The zero-order valence-electron chi connectivity index (χ0n) is 14.6. The zero-order valence-corrected chi connectivity index (χ0v) is 15.4. The maximum absolute atomic E-state index is 12.6. The number of aromatic nitrogens is 3. The fraction of sp³-hybridized carbons (Fsp3) is 0.824. The summed E-state index contributed by atoms with van der Waals surface area (Å²) in [5.74, 6) is 2.33. The number of rotatable bonds is 5. The first kappa shape index (κ1) is 16.8. The average molecular weight is 337 g/mol. The standard InChI is InChI=1S/C17H28N4OS/c1-10-6-5-7-15(11(10)2)18-16(22)12(3)23-17-20-19-13(4)21(17)14-8-9-14/h10-12,14-15H,5-9H2,1-4H3,(H,18,22)/t10-,11-,12+,15+/m0/s1. The van der Waals surface area contributed by atoms with Crippen LogP contribution in [0.3, 0.4) is 0 Å². The number of nitrogens with one attached hydrogen (secondary N) is 1.